The molecule has 1 fully saturated rings. The highest BCUT2D eigenvalue weighted by molar-refractivity contribution is 5.38. The predicted molar refractivity (Wildman–Crippen MR) is 89.7 cm³/mol. The Kier molecular flexibility index (Phi) is 5.11. The molecule has 0 radical (unpaired) electrons. The molecule has 0 spiro atoms. The van der Waals surface area contributed by atoms with Crippen LogP contribution >= 0.6 is 0 Å². The van der Waals surface area contributed by atoms with E-state index in [9.17, 15) is 0 Å². The van der Waals surface area contributed by atoms with Gasteiger partial charge in [0, 0.05) is 13.2 Å². The summed E-state index contributed by atoms with van der Waals surface area (Å²) < 4.78 is 5.94. The molecule has 2 heteroatoms. The number of aryl methyl sites for hydroxylation is 3. The van der Waals surface area contributed by atoms with Gasteiger partial charge in [0.25, 0.3) is 0 Å². The molecule has 1 unspecified atom stereocenters. The third-order valence-corrected chi connectivity index (χ3v) is 5.47. The number of benzene rings is 1. The van der Waals surface area contributed by atoms with Crippen molar-refractivity contribution in [1.82, 2.24) is 0 Å². The zero-order chi connectivity index (χ0) is 15.6. The summed E-state index contributed by atoms with van der Waals surface area (Å²) in [6, 6.07) is 4.60. The van der Waals surface area contributed by atoms with Crippen molar-refractivity contribution < 1.29 is 4.74 Å². The average molecular weight is 289 g/mol. The van der Waals surface area contributed by atoms with E-state index in [2.05, 4.69) is 39.8 Å². The first-order valence-corrected chi connectivity index (χ1v) is 8.25. The number of nitrogens with two attached hydrogens (primary N) is 1. The van der Waals surface area contributed by atoms with Gasteiger partial charge >= 0.3 is 0 Å². The lowest BCUT2D eigenvalue weighted by Crippen LogP contribution is -2.52. The molecule has 2 N–H and O–H groups in total. The van der Waals surface area contributed by atoms with E-state index in [-0.39, 0.29) is 11.6 Å². The number of hydrogen-bond donors (Lipinski definition) is 1. The first kappa shape index (κ1) is 16.5. The van der Waals surface area contributed by atoms with Crippen LogP contribution in [-0.2, 0) is 11.2 Å². The number of rotatable bonds is 4. The minimum Gasteiger partial charge on any atom is -0.377 e. The van der Waals surface area contributed by atoms with Crippen LogP contribution in [0.5, 0.6) is 0 Å². The topological polar surface area (TPSA) is 35.2 Å². The molecular weight excluding hydrogens is 258 g/mol. The van der Waals surface area contributed by atoms with Gasteiger partial charge in [0.15, 0.2) is 0 Å². The molecule has 0 bridgehead atoms. The summed E-state index contributed by atoms with van der Waals surface area (Å²) in [7, 11) is 1.84. The number of ether oxygens (including phenoxy) is 1. The predicted octanol–water partition coefficient (Wildman–Crippen LogP) is 4.08. The summed E-state index contributed by atoms with van der Waals surface area (Å²) in [4.78, 5) is 0. The fourth-order valence-corrected chi connectivity index (χ4v) is 3.91. The van der Waals surface area contributed by atoms with Crippen molar-refractivity contribution >= 4 is 0 Å². The van der Waals surface area contributed by atoms with Gasteiger partial charge in [-0.2, -0.15) is 0 Å². The molecule has 1 aromatic carbocycles. The fraction of sp³-hybridized carbons (Fsp3) is 0.684. The molecule has 0 saturated heterocycles. The van der Waals surface area contributed by atoms with Gasteiger partial charge in [-0.25, -0.2) is 0 Å². The van der Waals surface area contributed by atoms with Crippen molar-refractivity contribution in [3.8, 4) is 0 Å². The van der Waals surface area contributed by atoms with Crippen LogP contribution in [0.15, 0.2) is 12.1 Å². The Morgan fingerprint density at radius 1 is 1.19 bits per heavy atom. The molecule has 1 aliphatic carbocycles. The Balaban J connectivity index is 2.18. The second-order valence-electron chi connectivity index (χ2n) is 7.14. The Hall–Kier alpha value is -0.860. The van der Waals surface area contributed by atoms with Crippen LogP contribution in [0, 0.1) is 26.7 Å². The van der Waals surface area contributed by atoms with Gasteiger partial charge < -0.3 is 10.5 Å². The summed E-state index contributed by atoms with van der Waals surface area (Å²) >= 11 is 0. The van der Waals surface area contributed by atoms with Crippen LogP contribution < -0.4 is 5.73 Å². The van der Waals surface area contributed by atoms with Gasteiger partial charge in [-0.3, -0.25) is 0 Å². The maximum absolute atomic E-state index is 6.62. The largest absolute Gasteiger partial charge is 0.377 e. The van der Waals surface area contributed by atoms with E-state index in [0.717, 1.165) is 25.2 Å². The van der Waals surface area contributed by atoms with Crippen LogP contribution in [0.3, 0.4) is 0 Å². The van der Waals surface area contributed by atoms with Crippen molar-refractivity contribution in [2.45, 2.75) is 71.4 Å². The van der Waals surface area contributed by atoms with E-state index in [1.165, 1.54) is 35.1 Å². The van der Waals surface area contributed by atoms with Gasteiger partial charge in [0.1, 0.15) is 0 Å². The lowest BCUT2D eigenvalue weighted by atomic mass is 9.73. The van der Waals surface area contributed by atoms with E-state index in [4.69, 9.17) is 10.5 Å². The minimum absolute atomic E-state index is 0.0788. The molecule has 118 valence electrons. The summed E-state index contributed by atoms with van der Waals surface area (Å²) in [5.41, 5.74) is 11.9. The standard InChI is InChI=1S/C19H31NO/c1-13-6-8-19(21-5,9-7-13)18(20)12-17-15(3)10-14(2)11-16(17)4/h10-11,13,18H,6-9,12,20H2,1-5H3. The van der Waals surface area contributed by atoms with Gasteiger partial charge in [-0.1, -0.05) is 24.6 Å². The third-order valence-electron chi connectivity index (χ3n) is 5.47. The molecule has 1 saturated carbocycles. The van der Waals surface area contributed by atoms with Gasteiger partial charge in [-0.15, -0.1) is 0 Å². The first-order valence-electron chi connectivity index (χ1n) is 8.25. The van der Waals surface area contributed by atoms with Crippen molar-refractivity contribution in [2.24, 2.45) is 11.7 Å². The average Bonchev–Trinajstić information content (AvgIpc) is 2.43. The normalized spacial score (nSPS) is 27.6. The molecule has 0 amide bonds. The molecule has 2 nitrogen and oxygen atoms in total. The molecular formula is C19H31NO. The fourth-order valence-electron chi connectivity index (χ4n) is 3.91. The monoisotopic (exact) mass is 289 g/mol. The van der Waals surface area contributed by atoms with Crippen LogP contribution in [0.2, 0.25) is 0 Å². The summed E-state index contributed by atoms with van der Waals surface area (Å²) in [5.74, 6) is 0.809. The maximum atomic E-state index is 6.62. The van der Waals surface area contributed by atoms with Crippen molar-refractivity contribution in [1.29, 1.82) is 0 Å². The highest BCUT2D eigenvalue weighted by Crippen LogP contribution is 2.37. The van der Waals surface area contributed by atoms with Gasteiger partial charge in [-0.05, 0) is 75.5 Å². The van der Waals surface area contributed by atoms with Crippen LogP contribution in [0.1, 0.15) is 54.9 Å². The van der Waals surface area contributed by atoms with E-state index < -0.39 is 0 Å². The van der Waals surface area contributed by atoms with Crippen molar-refractivity contribution in [2.75, 3.05) is 7.11 Å². The van der Waals surface area contributed by atoms with E-state index in [1.807, 2.05) is 7.11 Å². The molecule has 0 aliphatic heterocycles. The summed E-state index contributed by atoms with van der Waals surface area (Å²) in [6.07, 6.45) is 5.56. The van der Waals surface area contributed by atoms with Crippen LogP contribution in [-0.4, -0.2) is 18.8 Å². The van der Waals surface area contributed by atoms with Crippen molar-refractivity contribution in [3.05, 3.63) is 34.4 Å². The Labute approximate surface area is 130 Å². The van der Waals surface area contributed by atoms with Gasteiger partial charge in [0.05, 0.1) is 5.60 Å². The lowest BCUT2D eigenvalue weighted by Gasteiger charge is -2.43. The zero-order valence-electron chi connectivity index (χ0n) is 14.3. The first-order chi connectivity index (χ1) is 9.88. The second kappa shape index (κ2) is 6.50. The molecule has 0 heterocycles. The maximum Gasteiger partial charge on any atom is 0.0832 e. The molecule has 1 aromatic rings. The third kappa shape index (κ3) is 3.49. The number of hydrogen-bond acceptors (Lipinski definition) is 2. The summed E-state index contributed by atoms with van der Waals surface area (Å²) in [5, 5.41) is 0. The zero-order valence-corrected chi connectivity index (χ0v) is 14.3. The van der Waals surface area contributed by atoms with Gasteiger partial charge in [0.2, 0.25) is 0 Å². The highest BCUT2D eigenvalue weighted by Gasteiger charge is 2.39. The molecule has 2 rings (SSSR count). The van der Waals surface area contributed by atoms with Crippen LogP contribution in [0.4, 0.5) is 0 Å². The summed E-state index contributed by atoms with van der Waals surface area (Å²) in [6.45, 7) is 8.89. The quantitative estimate of drug-likeness (QED) is 0.906. The molecule has 21 heavy (non-hydrogen) atoms. The second-order valence-corrected chi connectivity index (χ2v) is 7.14. The Morgan fingerprint density at radius 2 is 1.71 bits per heavy atom. The Morgan fingerprint density at radius 3 is 2.19 bits per heavy atom. The lowest BCUT2D eigenvalue weighted by molar-refractivity contribution is -0.0659. The highest BCUT2D eigenvalue weighted by atomic mass is 16.5. The number of methoxy groups -OCH3 is 1. The molecule has 1 atom stereocenters. The van der Waals surface area contributed by atoms with E-state index in [0.29, 0.717) is 0 Å². The molecule has 1 aliphatic rings. The van der Waals surface area contributed by atoms with Crippen LogP contribution in [0.25, 0.3) is 0 Å². The van der Waals surface area contributed by atoms with Crippen molar-refractivity contribution in [3.63, 3.8) is 0 Å². The van der Waals surface area contributed by atoms with E-state index >= 15 is 0 Å². The SMILES string of the molecule is COC1(C(N)Cc2c(C)cc(C)cc2C)CCC(C)CC1. The molecule has 0 aromatic heterocycles. The smallest absolute Gasteiger partial charge is 0.0832 e. The minimum atomic E-state index is -0.129. The Bertz CT molecular complexity index is 463. The van der Waals surface area contributed by atoms with E-state index in [1.54, 1.807) is 0 Å².